The predicted octanol–water partition coefficient (Wildman–Crippen LogP) is 2.88. The van der Waals surface area contributed by atoms with Crippen molar-refractivity contribution in [3.8, 4) is 0 Å². The number of nitrogens with one attached hydrogen (secondary N) is 1. The summed E-state index contributed by atoms with van der Waals surface area (Å²) < 4.78 is 7.86. The first kappa shape index (κ1) is 17.9. The van der Waals surface area contributed by atoms with Gasteiger partial charge in [0.1, 0.15) is 0 Å². The molecule has 1 amide bonds. The van der Waals surface area contributed by atoms with Gasteiger partial charge in [0.2, 0.25) is 11.1 Å². The van der Waals surface area contributed by atoms with Gasteiger partial charge >= 0.3 is 0 Å². The second kappa shape index (κ2) is 8.42. The third kappa shape index (κ3) is 5.60. The number of halogens is 1. The normalized spacial score (nSPS) is 11.0. The first-order chi connectivity index (χ1) is 11.0. The summed E-state index contributed by atoms with van der Waals surface area (Å²) in [5, 5.41) is 14.9. The molecule has 124 valence electrons. The molecule has 1 aromatic carbocycles. The standard InChI is InChI=1S/C14H18BrN5O2S/c1-9(2)22-7-6-13(21)16-11-8-10(15)4-5-12(11)23-14-17-18-19-20(14)3/h4-5,8-9H,6-7H2,1-3H3,(H,16,21). The van der Waals surface area contributed by atoms with Crippen molar-refractivity contribution < 1.29 is 9.53 Å². The van der Waals surface area contributed by atoms with E-state index in [9.17, 15) is 4.79 Å². The van der Waals surface area contributed by atoms with Crippen LogP contribution in [-0.2, 0) is 16.6 Å². The number of anilines is 1. The smallest absolute Gasteiger partial charge is 0.226 e. The Labute approximate surface area is 147 Å². The number of hydrogen-bond donors (Lipinski definition) is 1. The van der Waals surface area contributed by atoms with Crippen LogP contribution in [0.15, 0.2) is 32.7 Å². The number of benzene rings is 1. The average Bonchev–Trinajstić information content (AvgIpc) is 2.87. The van der Waals surface area contributed by atoms with Crippen LogP contribution in [0.25, 0.3) is 0 Å². The van der Waals surface area contributed by atoms with E-state index in [2.05, 4.69) is 36.8 Å². The zero-order valence-electron chi connectivity index (χ0n) is 13.1. The molecule has 1 N–H and O–H groups in total. The minimum Gasteiger partial charge on any atom is -0.378 e. The number of hydrogen-bond acceptors (Lipinski definition) is 6. The number of tetrazole rings is 1. The third-order valence-corrected chi connectivity index (χ3v) is 4.38. The van der Waals surface area contributed by atoms with Crippen molar-refractivity contribution in [2.75, 3.05) is 11.9 Å². The molecule has 0 spiro atoms. The largest absolute Gasteiger partial charge is 0.378 e. The summed E-state index contributed by atoms with van der Waals surface area (Å²) >= 11 is 4.81. The number of rotatable bonds is 7. The maximum absolute atomic E-state index is 12.1. The highest BCUT2D eigenvalue weighted by atomic mass is 79.9. The molecular formula is C14H18BrN5O2S. The number of aromatic nitrogens is 4. The number of aryl methyl sites for hydroxylation is 1. The molecule has 0 fully saturated rings. The van der Waals surface area contributed by atoms with Gasteiger partial charge in [-0.2, -0.15) is 0 Å². The van der Waals surface area contributed by atoms with Crippen LogP contribution in [0.5, 0.6) is 0 Å². The summed E-state index contributed by atoms with van der Waals surface area (Å²) in [5.41, 5.74) is 0.710. The number of carbonyl (C=O) groups is 1. The van der Waals surface area contributed by atoms with Gasteiger partial charge in [-0.05, 0) is 54.2 Å². The van der Waals surface area contributed by atoms with Crippen LogP contribution in [-0.4, -0.2) is 38.8 Å². The van der Waals surface area contributed by atoms with Gasteiger partial charge in [0.05, 0.1) is 24.8 Å². The van der Waals surface area contributed by atoms with Gasteiger partial charge in [-0.3, -0.25) is 4.79 Å². The van der Waals surface area contributed by atoms with Crippen LogP contribution in [0.1, 0.15) is 20.3 Å². The van der Waals surface area contributed by atoms with E-state index in [0.717, 1.165) is 9.37 Å². The third-order valence-electron chi connectivity index (χ3n) is 2.78. The maximum Gasteiger partial charge on any atom is 0.226 e. The molecule has 2 aromatic rings. The fraction of sp³-hybridized carbons (Fsp3) is 0.429. The first-order valence-corrected chi connectivity index (χ1v) is 8.68. The summed E-state index contributed by atoms with van der Waals surface area (Å²) in [5.74, 6) is -0.0957. The highest BCUT2D eigenvalue weighted by Crippen LogP contribution is 2.33. The van der Waals surface area contributed by atoms with E-state index in [4.69, 9.17) is 4.74 Å². The SMILES string of the molecule is CC(C)OCCC(=O)Nc1cc(Br)ccc1Sc1nnnn1C. The van der Waals surface area contributed by atoms with Crippen LogP contribution >= 0.6 is 27.7 Å². The molecule has 1 aromatic heterocycles. The molecule has 1 heterocycles. The lowest BCUT2D eigenvalue weighted by Gasteiger charge is -2.11. The van der Waals surface area contributed by atoms with Crippen molar-refractivity contribution in [3.63, 3.8) is 0 Å². The van der Waals surface area contributed by atoms with Crippen molar-refractivity contribution in [3.05, 3.63) is 22.7 Å². The molecule has 0 saturated carbocycles. The lowest BCUT2D eigenvalue weighted by Crippen LogP contribution is -2.16. The lowest BCUT2D eigenvalue weighted by atomic mass is 10.3. The molecule has 0 saturated heterocycles. The van der Waals surface area contributed by atoms with E-state index < -0.39 is 0 Å². The maximum atomic E-state index is 12.1. The van der Waals surface area contributed by atoms with E-state index in [1.807, 2.05) is 32.0 Å². The van der Waals surface area contributed by atoms with Gasteiger partial charge in [-0.1, -0.05) is 15.9 Å². The zero-order chi connectivity index (χ0) is 16.8. The Morgan fingerprint density at radius 3 is 2.91 bits per heavy atom. The van der Waals surface area contributed by atoms with Crippen molar-refractivity contribution >= 4 is 39.3 Å². The van der Waals surface area contributed by atoms with Crippen LogP contribution in [0, 0.1) is 0 Å². The van der Waals surface area contributed by atoms with Crippen molar-refractivity contribution in [2.45, 2.75) is 36.4 Å². The quantitative estimate of drug-likeness (QED) is 0.770. The van der Waals surface area contributed by atoms with Gasteiger partial charge in [-0.15, -0.1) is 5.10 Å². The van der Waals surface area contributed by atoms with E-state index in [1.165, 1.54) is 11.8 Å². The van der Waals surface area contributed by atoms with Crippen molar-refractivity contribution in [1.82, 2.24) is 20.2 Å². The number of amides is 1. The Morgan fingerprint density at radius 2 is 2.26 bits per heavy atom. The van der Waals surface area contributed by atoms with Crippen molar-refractivity contribution in [1.29, 1.82) is 0 Å². The Morgan fingerprint density at radius 1 is 1.48 bits per heavy atom. The minimum absolute atomic E-state index is 0.0957. The fourth-order valence-electron chi connectivity index (χ4n) is 1.69. The number of nitrogens with zero attached hydrogens (tertiary/aromatic N) is 4. The highest BCUT2D eigenvalue weighted by Gasteiger charge is 2.12. The van der Waals surface area contributed by atoms with E-state index >= 15 is 0 Å². The molecule has 0 aliphatic carbocycles. The van der Waals surface area contributed by atoms with Gasteiger partial charge in [0, 0.05) is 16.4 Å². The molecular weight excluding hydrogens is 382 g/mol. The van der Waals surface area contributed by atoms with Gasteiger partial charge in [0.25, 0.3) is 0 Å². The van der Waals surface area contributed by atoms with Crippen molar-refractivity contribution in [2.24, 2.45) is 7.05 Å². The predicted molar refractivity (Wildman–Crippen MR) is 91.4 cm³/mol. The van der Waals surface area contributed by atoms with Crippen LogP contribution < -0.4 is 5.32 Å². The van der Waals surface area contributed by atoms with Crippen LogP contribution in [0.4, 0.5) is 5.69 Å². The average molecular weight is 400 g/mol. The van der Waals surface area contributed by atoms with E-state index in [-0.39, 0.29) is 12.0 Å². The summed E-state index contributed by atoms with van der Waals surface area (Å²) in [6.07, 6.45) is 0.420. The molecule has 9 heteroatoms. The van der Waals surface area contributed by atoms with Gasteiger partial charge < -0.3 is 10.1 Å². The molecule has 0 unspecified atom stereocenters. The number of carbonyl (C=O) groups excluding carboxylic acids is 1. The Bertz CT molecular complexity index is 677. The summed E-state index contributed by atoms with van der Waals surface area (Å²) in [7, 11) is 1.77. The molecule has 0 aliphatic rings. The van der Waals surface area contributed by atoms with Crippen LogP contribution in [0.2, 0.25) is 0 Å². The Hall–Kier alpha value is -1.45. The molecule has 23 heavy (non-hydrogen) atoms. The monoisotopic (exact) mass is 399 g/mol. The van der Waals surface area contributed by atoms with Crippen LogP contribution in [0.3, 0.4) is 0 Å². The molecule has 0 aliphatic heterocycles. The van der Waals surface area contributed by atoms with Gasteiger partial charge in [-0.25, -0.2) is 4.68 Å². The van der Waals surface area contributed by atoms with Gasteiger partial charge in [0.15, 0.2) is 0 Å². The lowest BCUT2D eigenvalue weighted by molar-refractivity contribution is -0.117. The minimum atomic E-state index is -0.0957. The van der Waals surface area contributed by atoms with E-state index in [0.29, 0.717) is 23.9 Å². The Kier molecular flexibility index (Phi) is 6.55. The summed E-state index contributed by atoms with van der Waals surface area (Å²) in [4.78, 5) is 12.9. The molecule has 0 bridgehead atoms. The summed E-state index contributed by atoms with van der Waals surface area (Å²) in [6, 6.07) is 5.67. The molecule has 7 nitrogen and oxygen atoms in total. The second-order valence-corrected chi connectivity index (χ2v) is 6.97. The fourth-order valence-corrected chi connectivity index (χ4v) is 2.85. The molecule has 2 rings (SSSR count). The highest BCUT2D eigenvalue weighted by molar-refractivity contribution is 9.10. The zero-order valence-corrected chi connectivity index (χ0v) is 15.5. The molecule has 0 radical (unpaired) electrons. The Balaban J connectivity index is 2.06. The molecule has 0 atom stereocenters. The number of ether oxygens (including phenoxy) is 1. The second-order valence-electron chi connectivity index (χ2n) is 5.05. The first-order valence-electron chi connectivity index (χ1n) is 7.07. The van der Waals surface area contributed by atoms with E-state index in [1.54, 1.807) is 11.7 Å². The summed E-state index contributed by atoms with van der Waals surface area (Å²) in [6.45, 7) is 4.28. The topological polar surface area (TPSA) is 81.9 Å².